The van der Waals surface area contributed by atoms with Crippen molar-refractivity contribution in [1.82, 2.24) is 9.71 Å². The lowest BCUT2D eigenvalue weighted by molar-refractivity contribution is 0.0696. The molecule has 0 bridgehead atoms. The largest absolute Gasteiger partial charge is 0.478 e. The lowest BCUT2D eigenvalue weighted by Crippen LogP contribution is -2.34. The molecule has 0 amide bonds. The van der Waals surface area contributed by atoms with Crippen molar-refractivity contribution >= 4 is 27.3 Å². The summed E-state index contributed by atoms with van der Waals surface area (Å²) in [5.74, 6) is -1.15. The van der Waals surface area contributed by atoms with Crippen LogP contribution >= 0.6 is 11.3 Å². The molecule has 0 aliphatic carbocycles. The number of nitrogens with zero attached hydrogens (tertiary/aromatic N) is 1. The van der Waals surface area contributed by atoms with E-state index in [1.54, 1.807) is 18.3 Å². The third-order valence-corrected chi connectivity index (χ3v) is 5.11. The Kier molecular flexibility index (Phi) is 4.71. The van der Waals surface area contributed by atoms with Crippen molar-refractivity contribution in [1.29, 1.82) is 0 Å². The van der Waals surface area contributed by atoms with Crippen LogP contribution in [0.25, 0.3) is 0 Å². The van der Waals surface area contributed by atoms with Crippen molar-refractivity contribution in [2.24, 2.45) is 0 Å². The Morgan fingerprint density at radius 1 is 1.43 bits per heavy atom. The molecule has 0 saturated carbocycles. The smallest absolute Gasteiger partial charge is 0.337 e. The third-order valence-electron chi connectivity index (χ3n) is 2.70. The van der Waals surface area contributed by atoms with Crippen LogP contribution in [-0.2, 0) is 16.4 Å². The summed E-state index contributed by atoms with van der Waals surface area (Å²) < 4.78 is 26.8. The van der Waals surface area contributed by atoms with Gasteiger partial charge in [-0.2, -0.15) is 0 Å². The van der Waals surface area contributed by atoms with E-state index in [0.29, 0.717) is 6.42 Å². The van der Waals surface area contributed by atoms with E-state index in [-0.39, 0.29) is 16.6 Å². The Balaban J connectivity index is 2.08. The molecule has 0 spiro atoms. The zero-order valence-electron chi connectivity index (χ0n) is 11.2. The number of carboxylic acid groups (broad SMARTS) is 1. The van der Waals surface area contributed by atoms with Crippen LogP contribution in [0.5, 0.6) is 0 Å². The number of carboxylic acids is 1. The van der Waals surface area contributed by atoms with E-state index in [0.717, 1.165) is 11.1 Å². The topological polar surface area (TPSA) is 96.4 Å². The minimum atomic E-state index is -3.75. The number of pyridine rings is 1. The molecule has 2 rings (SSSR count). The summed E-state index contributed by atoms with van der Waals surface area (Å²) >= 11 is 1.56. The minimum absolute atomic E-state index is 0.0550. The van der Waals surface area contributed by atoms with Crippen LogP contribution in [0.1, 0.15) is 22.2 Å². The van der Waals surface area contributed by atoms with Crippen LogP contribution in [0, 0.1) is 0 Å². The number of hydrogen-bond donors (Lipinski definition) is 2. The monoisotopic (exact) mass is 326 g/mol. The van der Waals surface area contributed by atoms with Crippen LogP contribution in [0.4, 0.5) is 0 Å². The summed E-state index contributed by atoms with van der Waals surface area (Å²) in [6, 6.07) is 5.97. The van der Waals surface area contributed by atoms with Gasteiger partial charge in [0, 0.05) is 17.1 Å². The first-order valence-corrected chi connectivity index (χ1v) is 8.49. The molecular weight excluding hydrogens is 312 g/mol. The fourth-order valence-electron chi connectivity index (χ4n) is 1.76. The van der Waals surface area contributed by atoms with E-state index in [1.165, 1.54) is 12.1 Å². The normalized spacial score (nSPS) is 13.0. The van der Waals surface area contributed by atoms with Gasteiger partial charge in [-0.25, -0.2) is 22.9 Å². The molecule has 8 heteroatoms. The van der Waals surface area contributed by atoms with Gasteiger partial charge in [0.2, 0.25) is 0 Å². The number of aromatic carboxylic acids is 1. The molecule has 21 heavy (non-hydrogen) atoms. The molecule has 2 aromatic heterocycles. The second kappa shape index (κ2) is 6.33. The number of nitrogens with one attached hydrogen (secondary N) is 1. The van der Waals surface area contributed by atoms with Crippen molar-refractivity contribution in [3.8, 4) is 0 Å². The standard InChI is InChI=1S/C13H14N2O4S2/c1-9(7-11-3-2-6-20-11)15-21(18,19)12-5-4-10(8-14-12)13(16)17/h2-6,8-9,15H,7H2,1H3,(H,16,17). The predicted octanol–water partition coefficient (Wildman–Crippen LogP) is 1.75. The van der Waals surface area contributed by atoms with Gasteiger partial charge in [-0.3, -0.25) is 0 Å². The van der Waals surface area contributed by atoms with Crippen molar-refractivity contribution in [3.63, 3.8) is 0 Å². The van der Waals surface area contributed by atoms with Crippen LogP contribution in [-0.4, -0.2) is 30.5 Å². The molecule has 0 radical (unpaired) electrons. The highest BCUT2D eigenvalue weighted by Crippen LogP contribution is 2.13. The first kappa shape index (κ1) is 15.6. The average molecular weight is 326 g/mol. The minimum Gasteiger partial charge on any atom is -0.478 e. The summed E-state index contributed by atoms with van der Waals surface area (Å²) in [4.78, 5) is 15.5. The van der Waals surface area contributed by atoms with Crippen molar-refractivity contribution in [3.05, 3.63) is 46.3 Å². The Hall–Kier alpha value is -1.77. The first-order chi connectivity index (χ1) is 9.88. The Morgan fingerprint density at radius 3 is 2.71 bits per heavy atom. The maximum Gasteiger partial charge on any atom is 0.337 e. The van der Waals surface area contributed by atoms with Crippen LogP contribution in [0.2, 0.25) is 0 Å². The number of aromatic nitrogens is 1. The molecular formula is C13H14N2O4S2. The van der Waals surface area contributed by atoms with Gasteiger partial charge in [0.15, 0.2) is 5.03 Å². The van der Waals surface area contributed by atoms with E-state index < -0.39 is 16.0 Å². The molecule has 2 heterocycles. The first-order valence-electron chi connectivity index (χ1n) is 6.12. The Bertz CT molecular complexity index is 709. The van der Waals surface area contributed by atoms with E-state index in [9.17, 15) is 13.2 Å². The van der Waals surface area contributed by atoms with Crippen molar-refractivity contribution in [2.45, 2.75) is 24.4 Å². The predicted molar refractivity (Wildman–Crippen MR) is 79.0 cm³/mol. The molecule has 0 aliphatic heterocycles. The molecule has 2 aromatic rings. The lowest BCUT2D eigenvalue weighted by atomic mass is 10.2. The molecule has 0 aromatic carbocycles. The van der Waals surface area contributed by atoms with Gasteiger partial charge in [-0.1, -0.05) is 6.07 Å². The zero-order valence-corrected chi connectivity index (χ0v) is 12.8. The summed E-state index contributed by atoms with van der Waals surface area (Å²) in [5, 5.41) is 10.5. The SMILES string of the molecule is CC(Cc1cccs1)NS(=O)(=O)c1ccc(C(=O)O)cn1. The second-order valence-corrected chi connectivity index (χ2v) is 7.19. The third kappa shape index (κ3) is 4.10. The molecule has 0 fully saturated rings. The summed E-state index contributed by atoms with van der Waals surface area (Å²) in [6.07, 6.45) is 1.62. The number of carbonyl (C=O) groups is 1. The van der Waals surface area contributed by atoms with Crippen LogP contribution in [0.15, 0.2) is 40.9 Å². The highest BCUT2D eigenvalue weighted by Gasteiger charge is 2.19. The maximum atomic E-state index is 12.1. The van der Waals surface area contributed by atoms with E-state index in [1.807, 2.05) is 17.5 Å². The highest BCUT2D eigenvalue weighted by molar-refractivity contribution is 7.89. The molecule has 0 aliphatic rings. The van der Waals surface area contributed by atoms with E-state index >= 15 is 0 Å². The molecule has 0 saturated heterocycles. The molecule has 1 atom stereocenters. The average Bonchev–Trinajstić information content (AvgIpc) is 2.90. The number of sulfonamides is 1. The van der Waals surface area contributed by atoms with Crippen molar-refractivity contribution < 1.29 is 18.3 Å². The van der Waals surface area contributed by atoms with E-state index in [4.69, 9.17) is 5.11 Å². The van der Waals surface area contributed by atoms with Gasteiger partial charge in [-0.05, 0) is 36.9 Å². The van der Waals surface area contributed by atoms with Gasteiger partial charge in [-0.15, -0.1) is 11.3 Å². The summed E-state index contributed by atoms with van der Waals surface area (Å²) in [6.45, 7) is 1.77. The quantitative estimate of drug-likeness (QED) is 0.843. The zero-order chi connectivity index (χ0) is 15.5. The number of thiophene rings is 1. The second-order valence-electron chi connectivity index (χ2n) is 4.50. The fraction of sp³-hybridized carbons (Fsp3) is 0.231. The van der Waals surface area contributed by atoms with Gasteiger partial charge in [0.05, 0.1) is 5.56 Å². The highest BCUT2D eigenvalue weighted by atomic mass is 32.2. The summed E-state index contributed by atoms with van der Waals surface area (Å²) in [5.41, 5.74) is -0.0550. The maximum absolute atomic E-state index is 12.1. The van der Waals surface area contributed by atoms with Gasteiger partial charge in [0.25, 0.3) is 10.0 Å². The van der Waals surface area contributed by atoms with Crippen LogP contribution < -0.4 is 4.72 Å². The Labute approximate surface area is 126 Å². The molecule has 112 valence electrons. The summed E-state index contributed by atoms with van der Waals surface area (Å²) in [7, 11) is -3.75. The Morgan fingerprint density at radius 2 is 2.19 bits per heavy atom. The van der Waals surface area contributed by atoms with Gasteiger partial charge < -0.3 is 5.11 Å². The molecule has 2 N–H and O–H groups in total. The van der Waals surface area contributed by atoms with Crippen molar-refractivity contribution in [2.75, 3.05) is 0 Å². The van der Waals surface area contributed by atoms with Gasteiger partial charge >= 0.3 is 5.97 Å². The number of rotatable bonds is 6. The van der Waals surface area contributed by atoms with Gasteiger partial charge in [0.1, 0.15) is 0 Å². The van der Waals surface area contributed by atoms with Crippen LogP contribution in [0.3, 0.4) is 0 Å². The fourth-order valence-corrected chi connectivity index (χ4v) is 3.77. The van der Waals surface area contributed by atoms with E-state index in [2.05, 4.69) is 9.71 Å². The molecule has 6 nitrogen and oxygen atoms in total. The number of hydrogen-bond acceptors (Lipinski definition) is 5. The molecule has 1 unspecified atom stereocenters. The lowest BCUT2D eigenvalue weighted by Gasteiger charge is -2.12.